The van der Waals surface area contributed by atoms with E-state index in [1.165, 1.54) is 23.1 Å². The SMILES string of the molecule is CC(C)N1C(=O)C(F)Oc2ccc(C(=O)Nc3cccc(-c4nncn4C(C)C)n3)cc21. The number of aromatic nitrogens is 4. The maximum atomic E-state index is 13.9. The number of hydrogen-bond donors (Lipinski definition) is 1. The summed E-state index contributed by atoms with van der Waals surface area (Å²) in [6, 6.07) is 9.55. The van der Waals surface area contributed by atoms with Crippen molar-refractivity contribution in [3.63, 3.8) is 0 Å². The van der Waals surface area contributed by atoms with Crippen molar-refractivity contribution >= 4 is 23.3 Å². The highest BCUT2D eigenvalue weighted by Crippen LogP contribution is 2.36. The van der Waals surface area contributed by atoms with Crippen molar-refractivity contribution in [2.45, 2.75) is 46.1 Å². The van der Waals surface area contributed by atoms with Gasteiger partial charge in [-0.2, -0.15) is 4.39 Å². The number of ether oxygens (including phenoxy) is 1. The molecule has 1 atom stereocenters. The van der Waals surface area contributed by atoms with Gasteiger partial charge in [0.2, 0.25) is 0 Å². The second-order valence-electron chi connectivity index (χ2n) is 7.94. The minimum atomic E-state index is -2.07. The third-order valence-corrected chi connectivity index (χ3v) is 5.01. The quantitative estimate of drug-likeness (QED) is 0.653. The van der Waals surface area contributed by atoms with Gasteiger partial charge < -0.3 is 19.5 Å². The van der Waals surface area contributed by atoms with E-state index in [0.717, 1.165) is 0 Å². The zero-order valence-electron chi connectivity index (χ0n) is 18.1. The van der Waals surface area contributed by atoms with Gasteiger partial charge >= 0.3 is 12.3 Å². The van der Waals surface area contributed by atoms with Gasteiger partial charge in [0.15, 0.2) is 5.82 Å². The molecule has 3 heterocycles. The topological polar surface area (TPSA) is 102 Å². The Morgan fingerprint density at radius 2 is 1.94 bits per heavy atom. The molecule has 1 aliphatic heterocycles. The molecule has 166 valence electrons. The minimum Gasteiger partial charge on any atom is -0.450 e. The van der Waals surface area contributed by atoms with Gasteiger partial charge in [-0.25, -0.2) is 4.98 Å². The first-order valence-electron chi connectivity index (χ1n) is 10.2. The van der Waals surface area contributed by atoms with E-state index < -0.39 is 18.2 Å². The lowest BCUT2D eigenvalue weighted by molar-refractivity contribution is -0.134. The number of carbonyl (C=O) groups excluding carboxylic acids is 2. The van der Waals surface area contributed by atoms with Crippen LogP contribution in [0.1, 0.15) is 44.1 Å². The van der Waals surface area contributed by atoms with Crippen molar-refractivity contribution in [3.8, 4) is 17.3 Å². The van der Waals surface area contributed by atoms with Crippen LogP contribution in [0.25, 0.3) is 11.5 Å². The van der Waals surface area contributed by atoms with Crippen LogP contribution >= 0.6 is 0 Å². The number of carbonyl (C=O) groups is 2. The Kier molecular flexibility index (Phi) is 5.60. The number of benzene rings is 1. The molecule has 1 unspecified atom stereocenters. The standard InChI is InChI=1S/C22H23FN6O3/c1-12(2)28-11-24-27-20(28)15-6-5-7-18(25-15)26-21(30)14-8-9-17-16(10-14)29(13(3)4)22(31)19(23)32-17/h5-13,19H,1-4H3,(H,25,26,30). The van der Waals surface area contributed by atoms with Crippen molar-refractivity contribution in [3.05, 3.63) is 48.3 Å². The summed E-state index contributed by atoms with van der Waals surface area (Å²) in [5, 5.41) is 10.8. The molecular weight excluding hydrogens is 415 g/mol. The van der Waals surface area contributed by atoms with E-state index in [9.17, 15) is 14.0 Å². The highest BCUT2D eigenvalue weighted by molar-refractivity contribution is 6.06. The Hall–Kier alpha value is -3.82. The predicted molar refractivity (Wildman–Crippen MR) is 116 cm³/mol. The first-order valence-corrected chi connectivity index (χ1v) is 10.2. The zero-order chi connectivity index (χ0) is 23.0. The predicted octanol–water partition coefficient (Wildman–Crippen LogP) is 3.60. The fourth-order valence-electron chi connectivity index (χ4n) is 3.49. The lowest BCUT2D eigenvalue weighted by atomic mass is 10.1. The van der Waals surface area contributed by atoms with Gasteiger partial charge in [0, 0.05) is 17.6 Å². The van der Waals surface area contributed by atoms with Crippen molar-refractivity contribution in [1.82, 2.24) is 19.7 Å². The number of halogens is 1. The lowest BCUT2D eigenvalue weighted by Gasteiger charge is -2.34. The van der Waals surface area contributed by atoms with E-state index in [4.69, 9.17) is 4.74 Å². The van der Waals surface area contributed by atoms with Gasteiger partial charge in [-0.1, -0.05) is 6.07 Å². The summed E-state index contributed by atoms with van der Waals surface area (Å²) in [6.45, 7) is 7.54. The minimum absolute atomic E-state index is 0.147. The molecule has 32 heavy (non-hydrogen) atoms. The van der Waals surface area contributed by atoms with Crippen molar-refractivity contribution in [1.29, 1.82) is 0 Å². The number of nitrogens with zero attached hydrogens (tertiary/aromatic N) is 5. The molecule has 1 aromatic carbocycles. The Morgan fingerprint density at radius 1 is 1.16 bits per heavy atom. The number of hydrogen-bond acceptors (Lipinski definition) is 6. The van der Waals surface area contributed by atoms with Crippen LogP contribution in [-0.2, 0) is 4.79 Å². The largest absolute Gasteiger partial charge is 0.450 e. The number of pyridine rings is 1. The zero-order valence-corrected chi connectivity index (χ0v) is 18.1. The molecular formula is C22H23FN6O3. The van der Waals surface area contributed by atoms with E-state index in [2.05, 4.69) is 20.5 Å². The number of alkyl halides is 1. The molecule has 0 radical (unpaired) electrons. The van der Waals surface area contributed by atoms with Crippen LogP contribution < -0.4 is 15.0 Å². The molecule has 0 bridgehead atoms. The maximum absolute atomic E-state index is 13.9. The number of rotatable bonds is 5. The first kappa shape index (κ1) is 21.4. The highest BCUT2D eigenvalue weighted by atomic mass is 19.1. The van der Waals surface area contributed by atoms with Gasteiger partial charge in [0.25, 0.3) is 5.91 Å². The monoisotopic (exact) mass is 438 g/mol. The van der Waals surface area contributed by atoms with Crippen molar-refractivity contribution < 1.29 is 18.7 Å². The molecule has 4 rings (SSSR count). The normalized spacial score (nSPS) is 15.7. The summed E-state index contributed by atoms with van der Waals surface area (Å²) < 4.78 is 20.9. The van der Waals surface area contributed by atoms with Gasteiger partial charge in [0.05, 0.1) is 5.69 Å². The molecule has 10 heteroatoms. The Morgan fingerprint density at radius 3 is 2.66 bits per heavy atom. The average molecular weight is 438 g/mol. The molecule has 1 aliphatic rings. The van der Waals surface area contributed by atoms with Crippen LogP contribution in [-0.4, -0.2) is 44.0 Å². The summed E-state index contributed by atoms with van der Waals surface area (Å²) in [6.07, 6.45) is -0.435. The lowest BCUT2D eigenvalue weighted by Crippen LogP contribution is -2.47. The number of amides is 2. The Balaban J connectivity index is 1.61. The van der Waals surface area contributed by atoms with Gasteiger partial charge in [0.1, 0.15) is 23.6 Å². The van der Waals surface area contributed by atoms with E-state index in [-0.39, 0.29) is 23.4 Å². The smallest absolute Gasteiger partial charge is 0.317 e. The first-order chi connectivity index (χ1) is 15.3. The summed E-state index contributed by atoms with van der Waals surface area (Å²) >= 11 is 0. The second kappa shape index (κ2) is 8.37. The van der Waals surface area contributed by atoms with Crippen LogP contribution in [0.4, 0.5) is 15.9 Å². The summed E-state index contributed by atoms with van der Waals surface area (Å²) in [5.74, 6) is -0.0974. The fourth-order valence-corrected chi connectivity index (χ4v) is 3.49. The van der Waals surface area contributed by atoms with Crippen LogP contribution in [0.5, 0.6) is 5.75 Å². The van der Waals surface area contributed by atoms with Crippen LogP contribution in [0.3, 0.4) is 0 Å². The molecule has 0 saturated heterocycles. The molecule has 0 saturated carbocycles. The third kappa shape index (κ3) is 3.91. The van der Waals surface area contributed by atoms with Crippen LogP contribution in [0.2, 0.25) is 0 Å². The number of anilines is 2. The molecule has 1 N–H and O–H groups in total. The fraction of sp³-hybridized carbons (Fsp3) is 0.318. The number of fused-ring (bicyclic) bond motifs is 1. The van der Waals surface area contributed by atoms with Crippen molar-refractivity contribution in [2.24, 2.45) is 0 Å². The second-order valence-corrected chi connectivity index (χ2v) is 7.94. The summed E-state index contributed by atoms with van der Waals surface area (Å²) in [7, 11) is 0. The molecule has 0 aliphatic carbocycles. The average Bonchev–Trinajstić information content (AvgIpc) is 3.24. The Labute approximate surface area is 184 Å². The van der Waals surface area contributed by atoms with Crippen LogP contribution in [0.15, 0.2) is 42.7 Å². The van der Waals surface area contributed by atoms with E-state index in [1.54, 1.807) is 38.4 Å². The van der Waals surface area contributed by atoms with Gasteiger partial charge in [-0.05, 0) is 58.0 Å². The van der Waals surface area contributed by atoms with E-state index >= 15 is 0 Å². The molecule has 2 aromatic heterocycles. The highest BCUT2D eigenvalue weighted by Gasteiger charge is 2.36. The van der Waals surface area contributed by atoms with Crippen molar-refractivity contribution in [2.75, 3.05) is 10.2 Å². The van der Waals surface area contributed by atoms with Crippen LogP contribution in [0, 0.1) is 0 Å². The van der Waals surface area contributed by atoms with E-state index in [0.29, 0.717) is 23.0 Å². The summed E-state index contributed by atoms with van der Waals surface area (Å²) in [4.78, 5) is 30.9. The number of nitrogens with one attached hydrogen (secondary N) is 1. The summed E-state index contributed by atoms with van der Waals surface area (Å²) in [5.41, 5.74) is 1.19. The molecule has 2 amide bonds. The Bertz CT molecular complexity index is 1180. The van der Waals surface area contributed by atoms with Gasteiger partial charge in [-0.3, -0.25) is 9.59 Å². The third-order valence-electron chi connectivity index (χ3n) is 5.01. The molecule has 0 spiro atoms. The van der Waals surface area contributed by atoms with E-state index in [1.807, 2.05) is 18.4 Å². The molecule has 0 fully saturated rings. The maximum Gasteiger partial charge on any atom is 0.317 e. The molecule has 3 aromatic rings. The molecule has 9 nitrogen and oxygen atoms in total. The van der Waals surface area contributed by atoms with Gasteiger partial charge in [-0.15, -0.1) is 10.2 Å².